The van der Waals surface area contributed by atoms with Crippen LogP contribution in [0.1, 0.15) is 39.5 Å². The van der Waals surface area contributed by atoms with Gasteiger partial charge in [0.1, 0.15) is 0 Å². The quantitative estimate of drug-likeness (QED) is 0.215. The minimum atomic E-state index is 0. The molecule has 0 nitrogen and oxygen atoms in total. The molecule has 0 aromatic carbocycles. The van der Waals surface area contributed by atoms with Crippen LogP contribution in [0.5, 0.6) is 0 Å². The molecule has 0 amide bonds. The minimum absolute atomic E-state index is 0. The van der Waals surface area contributed by atoms with Crippen molar-refractivity contribution in [3.8, 4) is 0 Å². The van der Waals surface area contributed by atoms with Crippen molar-refractivity contribution in [2.75, 3.05) is 0 Å². The zero-order valence-electron chi connectivity index (χ0n) is 7.50. The van der Waals surface area contributed by atoms with Crippen molar-refractivity contribution in [1.82, 2.24) is 0 Å². The number of halogens is 2. The third-order valence-corrected chi connectivity index (χ3v) is 5.45. The van der Waals surface area contributed by atoms with Crippen molar-refractivity contribution in [1.29, 1.82) is 0 Å². The van der Waals surface area contributed by atoms with E-state index in [0.717, 1.165) is 0 Å². The average Bonchev–Trinajstić information content (AvgIpc) is 1.89. The van der Waals surface area contributed by atoms with Crippen LogP contribution in [0.3, 0.4) is 0 Å². The Morgan fingerprint density at radius 3 is 1.45 bits per heavy atom. The molecule has 0 bridgehead atoms. The van der Waals surface area contributed by atoms with E-state index < -0.39 is 0 Å². The molecule has 68 valence electrons. The summed E-state index contributed by atoms with van der Waals surface area (Å²) in [4.78, 5) is 0. The van der Waals surface area contributed by atoms with Gasteiger partial charge in [-0.2, -0.15) is 0 Å². The van der Waals surface area contributed by atoms with Gasteiger partial charge in [-0.3, -0.25) is 0 Å². The Labute approximate surface area is 116 Å². The molecule has 0 saturated carbocycles. The first-order valence-electron chi connectivity index (χ1n) is 4.12. The normalized spacial score (nSPS) is 7.45. The third-order valence-electron chi connectivity index (χ3n) is 1.41. The van der Waals surface area contributed by atoms with Crippen LogP contribution >= 0.6 is 0 Å². The summed E-state index contributed by atoms with van der Waals surface area (Å²) in [6.07, 6.45) is 5.84. The van der Waals surface area contributed by atoms with Crippen LogP contribution in [0.2, 0.25) is 8.87 Å². The van der Waals surface area contributed by atoms with Gasteiger partial charge in [0.15, 0.2) is 0 Å². The molecule has 11 heavy (non-hydrogen) atoms. The summed E-state index contributed by atoms with van der Waals surface area (Å²) in [5.74, 6) is 0. The van der Waals surface area contributed by atoms with Crippen LogP contribution in [0.4, 0.5) is 0 Å². The van der Waals surface area contributed by atoms with Crippen LogP contribution in [0.15, 0.2) is 0 Å². The molecule has 0 heterocycles. The maximum absolute atomic E-state index is 2.29. The van der Waals surface area contributed by atoms with Crippen molar-refractivity contribution in [3.05, 3.63) is 0 Å². The molecular formula is C8H18I2Sn. The van der Waals surface area contributed by atoms with Crippen molar-refractivity contribution in [2.45, 2.75) is 48.4 Å². The molecule has 0 atom stereocenters. The van der Waals surface area contributed by atoms with E-state index in [4.69, 9.17) is 0 Å². The summed E-state index contributed by atoms with van der Waals surface area (Å²) < 4.78 is 3.25. The minimum Gasteiger partial charge on any atom is -1.00 e. The third kappa shape index (κ3) is 18.9. The maximum atomic E-state index is 2.29. The Morgan fingerprint density at radius 1 is 0.818 bits per heavy atom. The summed E-state index contributed by atoms with van der Waals surface area (Å²) in [6, 6.07) is 0. The molecule has 3 heteroatoms. The van der Waals surface area contributed by atoms with E-state index in [1.54, 1.807) is 8.87 Å². The smallest absolute Gasteiger partial charge is 1.00 e. The average molecular weight is 487 g/mol. The second kappa shape index (κ2) is 18.1. The molecule has 0 fully saturated rings. The van der Waals surface area contributed by atoms with Crippen LogP contribution < -0.4 is 48.0 Å². The predicted octanol–water partition coefficient (Wildman–Crippen LogP) is -2.86. The molecule has 0 rings (SSSR count). The second-order valence-electron chi connectivity index (χ2n) is 2.46. The Bertz CT molecular complexity index is 45.4. The Balaban J connectivity index is -0.000000320. The van der Waals surface area contributed by atoms with Crippen molar-refractivity contribution in [2.24, 2.45) is 0 Å². The number of rotatable bonds is 6. The molecule has 0 aromatic heterocycles. The van der Waals surface area contributed by atoms with Crippen LogP contribution in [0.25, 0.3) is 0 Å². The fourth-order valence-corrected chi connectivity index (χ4v) is 4.89. The standard InChI is InChI=1S/2C4H9.2HI.Sn/c2*1-3-4-2;;;/h2*1,3-4H2,2H3;2*1H;/q;;;;+2/p-2. The van der Waals surface area contributed by atoms with Gasteiger partial charge >= 0.3 is 69.5 Å². The fourth-order valence-electron chi connectivity index (χ4n) is 0.729. The van der Waals surface area contributed by atoms with Gasteiger partial charge < -0.3 is 48.0 Å². The van der Waals surface area contributed by atoms with E-state index in [2.05, 4.69) is 13.8 Å². The first-order valence-corrected chi connectivity index (χ1v) is 8.16. The van der Waals surface area contributed by atoms with E-state index in [0.29, 0.717) is 0 Å². The van der Waals surface area contributed by atoms with Gasteiger partial charge in [0.2, 0.25) is 0 Å². The van der Waals surface area contributed by atoms with E-state index >= 15 is 0 Å². The SMILES string of the molecule is CCC[CH2][Sn+2][CH2]CCC.[I-].[I-]. The van der Waals surface area contributed by atoms with Crippen molar-refractivity contribution < 1.29 is 48.0 Å². The Kier molecular flexibility index (Phi) is 31.2. The van der Waals surface area contributed by atoms with Crippen LogP contribution in [-0.4, -0.2) is 21.1 Å². The van der Waals surface area contributed by atoms with Crippen LogP contribution in [0, 0.1) is 0 Å². The summed E-state index contributed by atoms with van der Waals surface area (Å²) in [5, 5.41) is 0. The molecule has 0 radical (unpaired) electrons. The molecule has 0 aliphatic carbocycles. The van der Waals surface area contributed by atoms with E-state index in [-0.39, 0.29) is 69.1 Å². The molecular weight excluding hydrogens is 469 g/mol. The first-order chi connectivity index (χ1) is 4.41. The maximum Gasteiger partial charge on any atom is -1.00 e. The first kappa shape index (κ1) is 18.9. The second-order valence-corrected chi connectivity index (χ2v) is 6.74. The summed E-state index contributed by atoms with van der Waals surface area (Å²) >= 11 is 0.149. The molecule has 0 aliphatic heterocycles. The van der Waals surface area contributed by atoms with E-state index in [1.807, 2.05) is 0 Å². The fraction of sp³-hybridized carbons (Fsp3) is 1.00. The topological polar surface area (TPSA) is 0 Å². The zero-order valence-corrected chi connectivity index (χ0v) is 14.7. The van der Waals surface area contributed by atoms with Gasteiger partial charge in [-0.25, -0.2) is 0 Å². The largest absolute Gasteiger partial charge is 1.00 e. The predicted molar refractivity (Wildman–Crippen MR) is 45.2 cm³/mol. The van der Waals surface area contributed by atoms with Crippen molar-refractivity contribution >= 4 is 21.1 Å². The van der Waals surface area contributed by atoms with Gasteiger partial charge in [-0.1, -0.05) is 0 Å². The number of hydrogen-bond acceptors (Lipinski definition) is 0. The van der Waals surface area contributed by atoms with Gasteiger partial charge in [0, 0.05) is 0 Å². The van der Waals surface area contributed by atoms with Gasteiger partial charge in [-0.15, -0.1) is 0 Å². The van der Waals surface area contributed by atoms with Gasteiger partial charge in [-0.05, 0) is 0 Å². The molecule has 0 aromatic rings. The Morgan fingerprint density at radius 2 is 1.18 bits per heavy atom. The van der Waals surface area contributed by atoms with Crippen molar-refractivity contribution in [3.63, 3.8) is 0 Å². The summed E-state index contributed by atoms with van der Waals surface area (Å²) in [7, 11) is 0. The molecule has 0 saturated heterocycles. The molecule has 0 unspecified atom stereocenters. The zero-order chi connectivity index (χ0) is 6.95. The molecule has 0 spiro atoms. The summed E-state index contributed by atoms with van der Waals surface area (Å²) in [6.45, 7) is 4.58. The van der Waals surface area contributed by atoms with Gasteiger partial charge in [0.25, 0.3) is 0 Å². The molecule has 0 N–H and O–H groups in total. The summed E-state index contributed by atoms with van der Waals surface area (Å²) in [5.41, 5.74) is 0. The van der Waals surface area contributed by atoms with Crippen LogP contribution in [-0.2, 0) is 0 Å². The van der Waals surface area contributed by atoms with Gasteiger partial charge in [0.05, 0.1) is 0 Å². The van der Waals surface area contributed by atoms with E-state index in [1.165, 1.54) is 25.7 Å². The van der Waals surface area contributed by atoms with E-state index in [9.17, 15) is 0 Å². The number of unbranched alkanes of at least 4 members (excludes halogenated alkanes) is 2. The number of hydrogen-bond donors (Lipinski definition) is 0. The molecule has 0 aliphatic rings. The monoisotopic (exact) mass is 488 g/mol. The Hall–Kier alpha value is 2.26.